The third-order valence-electron chi connectivity index (χ3n) is 2.15. The highest BCUT2D eigenvalue weighted by Gasteiger charge is 2.04. The van der Waals surface area contributed by atoms with Crippen LogP contribution in [0.3, 0.4) is 0 Å². The molecule has 0 saturated heterocycles. The molecular formula is C12H17N3O2. The summed E-state index contributed by atoms with van der Waals surface area (Å²) in [7, 11) is 0. The van der Waals surface area contributed by atoms with Gasteiger partial charge in [-0.2, -0.15) is 0 Å². The van der Waals surface area contributed by atoms with Crippen LogP contribution in [0.1, 0.15) is 23.7 Å². The highest BCUT2D eigenvalue weighted by atomic mass is 16.2. The van der Waals surface area contributed by atoms with Crippen molar-refractivity contribution in [1.82, 2.24) is 5.32 Å². The van der Waals surface area contributed by atoms with E-state index in [1.165, 1.54) is 0 Å². The molecular weight excluding hydrogens is 218 g/mol. The molecule has 0 unspecified atom stereocenters. The monoisotopic (exact) mass is 235 g/mol. The van der Waals surface area contributed by atoms with Crippen molar-refractivity contribution in [2.45, 2.75) is 13.3 Å². The van der Waals surface area contributed by atoms with Crippen LogP contribution in [0.4, 0.5) is 5.69 Å². The van der Waals surface area contributed by atoms with E-state index in [0.29, 0.717) is 17.8 Å². The lowest BCUT2D eigenvalue weighted by atomic mass is 10.2. The van der Waals surface area contributed by atoms with E-state index in [1.807, 2.05) is 6.92 Å². The summed E-state index contributed by atoms with van der Waals surface area (Å²) in [5.74, 6) is -0.364. The molecule has 0 aliphatic carbocycles. The van der Waals surface area contributed by atoms with Gasteiger partial charge in [-0.05, 0) is 30.7 Å². The van der Waals surface area contributed by atoms with Crippen molar-refractivity contribution < 1.29 is 9.59 Å². The fraction of sp³-hybridized carbons (Fsp3) is 0.333. The zero-order chi connectivity index (χ0) is 12.7. The number of anilines is 1. The van der Waals surface area contributed by atoms with Gasteiger partial charge < -0.3 is 16.4 Å². The molecule has 0 fully saturated rings. The molecule has 1 aromatic carbocycles. The highest BCUT2D eigenvalue weighted by Crippen LogP contribution is 2.09. The van der Waals surface area contributed by atoms with Crippen LogP contribution in [0.25, 0.3) is 0 Å². The van der Waals surface area contributed by atoms with Crippen molar-refractivity contribution in [1.29, 1.82) is 0 Å². The minimum atomic E-state index is -0.256. The molecule has 0 saturated carbocycles. The highest BCUT2D eigenvalue weighted by molar-refractivity contribution is 5.96. The largest absolute Gasteiger partial charge is 0.352 e. The van der Waals surface area contributed by atoms with Gasteiger partial charge in [-0.25, -0.2) is 0 Å². The fourth-order valence-electron chi connectivity index (χ4n) is 1.26. The zero-order valence-electron chi connectivity index (χ0n) is 9.82. The second kappa shape index (κ2) is 6.65. The summed E-state index contributed by atoms with van der Waals surface area (Å²) >= 11 is 0. The SMILES string of the molecule is CCCNC(=O)c1ccc(NC(=O)CN)cc1. The predicted molar refractivity (Wildman–Crippen MR) is 66.8 cm³/mol. The Bertz CT molecular complexity index is 387. The Balaban J connectivity index is 2.61. The summed E-state index contributed by atoms with van der Waals surface area (Å²) < 4.78 is 0. The van der Waals surface area contributed by atoms with Crippen LogP contribution in [0.15, 0.2) is 24.3 Å². The second-order valence-electron chi connectivity index (χ2n) is 3.59. The van der Waals surface area contributed by atoms with Gasteiger partial charge in [0.05, 0.1) is 6.54 Å². The molecule has 1 aromatic rings. The average Bonchev–Trinajstić information content (AvgIpc) is 2.36. The number of amides is 2. The van der Waals surface area contributed by atoms with Gasteiger partial charge in [0.15, 0.2) is 0 Å². The Morgan fingerprint density at radius 1 is 1.24 bits per heavy atom. The number of carbonyl (C=O) groups excluding carboxylic acids is 2. The molecule has 5 heteroatoms. The molecule has 4 N–H and O–H groups in total. The first-order valence-corrected chi connectivity index (χ1v) is 5.55. The van der Waals surface area contributed by atoms with E-state index < -0.39 is 0 Å². The normalized spacial score (nSPS) is 9.76. The van der Waals surface area contributed by atoms with Crippen LogP contribution >= 0.6 is 0 Å². The van der Waals surface area contributed by atoms with E-state index in [1.54, 1.807) is 24.3 Å². The minimum absolute atomic E-state index is 0.0568. The summed E-state index contributed by atoms with van der Waals surface area (Å²) in [6.45, 7) is 2.59. The first-order chi connectivity index (χ1) is 8.17. The molecule has 17 heavy (non-hydrogen) atoms. The third kappa shape index (κ3) is 4.24. The molecule has 0 spiro atoms. The van der Waals surface area contributed by atoms with E-state index in [-0.39, 0.29) is 18.4 Å². The molecule has 5 nitrogen and oxygen atoms in total. The standard InChI is InChI=1S/C12H17N3O2/c1-2-7-14-12(17)9-3-5-10(6-4-9)15-11(16)8-13/h3-6H,2,7-8,13H2,1H3,(H,14,17)(H,15,16). The molecule has 0 aromatic heterocycles. The van der Waals surface area contributed by atoms with E-state index in [4.69, 9.17) is 5.73 Å². The maximum atomic E-state index is 11.6. The van der Waals surface area contributed by atoms with Crippen molar-refractivity contribution in [2.24, 2.45) is 5.73 Å². The molecule has 0 heterocycles. The molecule has 2 amide bonds. The van der Waals surface area contributed by atoms with Crippen LogP contribution < -0.4 is 16.4 Å². The molecule has 1 rings (SSSR count). The number of nitrogens with one attached hydrogen (secondary N) is 2. The summed E-state index contributed by atoms with van der Waals surface area (Å²) in [5, 5.41) is 5.38. The van der Waals surface area contributed by atoms with Gasteiger partial charge in [0.1, 0.15) is 0 Å². The smallest absolute Gasteiger partial charge is 0.251 e. The average molecular weight is 235 g/mol. The van der Waals surface area contributed by atoms with Crippen LogP contribution in [0, 0.1) is 0 Å². The van der Waals surface area contributed by atoms with Crippen LogP contribution in [-0.4, -0.2) is 24.9 Å². The number of rotatable bonds is 5. The molecule has 0 aliphatic heterocycles. The lowest BCUT2D eigenvalue weighted by molar-refractivity contribution is -0.114. The van der Waals surface area contributed by atoms with Crippen molar-refractivity contribution in [3.63, 3.8) is 0 Å². The van der Waals surface area contributed by atoms with Gasteiger partial charge >= 0.3 is 0 Å². The predicted octanol–water partition coefficient (Wildman–Crippen LogP) is 0.724. The Labute approximate surface area is 100 Å². The van der Waals surface area contributed by atoms with Gasteiger partial charge in [0, 0.05) is 17.8 Å². The van der Waals surface area contributed by atoms with Crippen molar-refractivity contribution in [3.8, 4) is 0 Å². The second-order valence-corrected chi connectivity index (χ2v) is 3.59. The Morgan fingerprint density at radius 3 is 2.41 bits per heavy atom. The number of hydrogen-bond donors (Lipinski definition) is 3. The molecule has 0 aliphatic rings. The third-order valence-corrected chi connectivity index (χ3v) is 2.15. The van der Waals surface area contributed by atoms with E-state index in [0.717, 1.165) is 6.42 Å². The van der Waals surface area contributed by atoms with E-state index in [2.05, 4.69) is 10.6 Å². The lowest BCUT2D eigenvalue weighted by Crippen LogP contribution is -2.24. The first kappa shape index (κ1) is 13.2. The van der Waals surface area contributed by atoms with E-state index in [9.17, 15) is 9.59 Å². The summed E-state index contributed by atoms with van der Waals surface area (Å²) in [6.07, 6.45) is 0.899. The lowest BCUT2D eigenvalue weighted by Gasteiger charge is -2.06. The van der Waals surface area contributed by atoms with Gasteiger partial charge in [0.2, 0.25) is 5.91 Å². The topological polar surface area (TPSA) is 84.2 Å². The van der Waals surface area contributed by atoms with Crippen LogP contribution in [0.2, 0.25) is 0 Å². The van der Waals surface area contributed by atoms with Crippen LogP contribution in [-0.2, 0) is 4.79 Å². The minimum Gasteiger partial charge on any atom is -0.352 e. The van der Waals surface area contributed by atoms with Gasteiger partial charge in [-0.15, -0.1) is 0 Å². The van der Waals surface area contributed by atoms with Gasteiger partial charge in [-0.3, -0.25) is 9.59 Å². The Morgan fingerprint density at radius 2 is 1.88 bits per heavy atom. The number of hydrogen-bond acceptors (Lipinski definition) is 3. The van der Waals surface area contributed by atoms with Crippen molar-refractivity contribution in [3.05, 3.63) is 29.8 Å². The van der Waals surface area contributed by atoms with Crippen molar-refractivity contribution in [2.75, 3.05) is 18.4 Å². The maximum Gasteiger partial charge on any atom is 0.251 e. The van der Waals surface area contributed by atoms with Crippen LogP contribution in [0.5, 0.6) is 0 Å². The molecule has 92 valence electrons. The molecule has 0 radical (unpaired) electrons. The number of nitrogens with two attached hydrogens (primary N) is 1. The van der Waals surface area contributed by atoms with Gasteiger partial charge in [-0.1, -0.05) is 6.92 Å². The maximum absolute atomic E-state index is 11.6. The molecule has 0 atom stereocenters. The summed E-state index contributed by atoms with van der Waals surface area (Å²) in [4.78, 5) is 22.6. The molecule has 0 bridgehead atoms. The first-order valence-electron chi connectivity index (χ1n) is 5.55. The summed E-state index contributed by atoms with van der Waals surface area (Å²) in [5.41, 5.74) is 6.38. The number of benzene rings is 1. The summed E-state index contributed by atoms with van der Waals surface area (Å²) in [6, 6.07) is 6.68. The Hall–Kier alpha value is -1.88. The Kier molecular flexibility index (Phi) is 5.16. The quantitative estimate of drug-likeness (QED) is 0.703. The van der Waals surface area contributed by atoms with Gasteiger partial charge in [0.25, 0.3) is 5.91 Å². The number of carbonyl (C=O) groups is 2. The van der Waals surface area contributed by atoms with E-state index >= 15 is 0 Å². The fourth-order valence-corrected chi connectivity index (χ4v) is 1.26. The zero-order valence-corrected chi connectivity index (χ0v) is 9.82. The van der Waals surface area contributed by atoms with Crippen molar-refractivity contribution >= 4 is 17.5 Å².